The van der Waals surface area contributed by atoms with E-state index in [-0.39, 0.29) is 42.7 Å². The molecule has 3 rings (SSSR count). The molecule has 3 aliphatic heterocycles. The summed E-state index contributed by atoms with van der Waals surface area (Å²) >= 11 is 0. The Morgan fingerprint density at radius 2 is 2.03 bits per heavy atom. The van der Waals surface area contributed by atoms with Gasteiger partial charge in [-0.1, -0.05) is 18.7 Å². The number of carboxylic acids is 1. The largest absolute Gasteiger partial charge is 0.477 e. The van der Waals surface area contributed by atoms with E-state index in [0.29, 0.717) is 31.4 Å². The molecule has 6 atom stereocenters. The van der Waals surface area contributed by atoms with Gasteiger partial charge in [0.05, 0.1) is 30.7 Å². The van der Waals surface area contributed by atoms with Crippen LogP contribution in [0.15, 0.2) is 36.6 Å². The molecule has 9 heteroatoms. The van der Waals surface area contributed by atoms with Crippen LogP contribution in [0.4, 0.5) is 4.79 Å². The number of hydrogen-bond acceptors (Lipinski definition) is 6. The van der Waals surface area contributed by atoms with Gasteiger partial charge in [0.2, 0.25) is 5.91 Å². The number of carbonyl (C=O) groups excluding carboxylic acids is 2. The lowest BCUT2D eigenvalue weighted by Gasteiger charge is -2.47. The Kier molecular flexibility index (Phi) is 7.40. The normalized spacial score (nSPS) is 30.1. The first-order chi connectivity index (χ1) is 15.3. The van der Waals surface area contributed by atoms with Crippen molar-refractivity contribution in [2.24, 2.45) is 17.8 Å². The first-order valence-corrected chi connectivity index (χ1v) is 10.9. The zero-order chi connectivity index (χ0) is 23.6. The molecule has 2 amide bonds. The van der Waals surface area contributed by atoms with Crippen molar-refractivity contribution in [3.8, 4) is 0 Å². The number of aliphatic carboxylic acids is 1. The van der Waals surface area contributed by atoms with Gasteiger partial charge in [-0.05, 0) is 37.7 Å². The molecule has 0 radical (unpaired) electrons. The maximum Gasteiger partial charge on any atom is 0.410 e. The van der Waals surface area contributed by atoms with Crippen LogP contribution in [0.5, 0.6) is 0 Å². The van der Waals surface area contributed by atoms with Gasteiger partial charge in [-0.25, -0.2) is 9.59 Å². The van der Waals surface area contributed by atoms with Crippen molar-refractivity contribution in [3.05, 3.63) is 36.6 Å². The van der Waals surface area contributed by atoms with Gasteiger partial charge < -0.3 is 29.5 Å². The van der Waals surface area contributed by atoms with E-state index in [1.807, 2.05) is 0 Å². The summed E-state index contributed by atoms with van der Waals surface area (Å²) in [4.78, 5) is 40.3. The Morgan fingerprint density at radius 1 is 1.31 bits per heavy atom. The molecule has 32 heavy (non-hydrogen) atoms. The smallest absolute Gasteiger partial charge is 0.410 e. The lowest BCUT2D eigenvalue weighted by Crippen LogP contribution is -2.63. The number of aliphatic hydroxyl groups excluding tert-OH is 1. The van der Waals surface area contributed by atoms with E-state index >= 15 is 0 Å². The maximum atomic E-state index is 12.7. The monoisotopic (exact) mass is 448 g/mol. The summed E-state index contributed by atoms with van der Waals surface area (Å²) in [5, 5.41) is 20.1. The van der Waals surface area contributed by atoms with Crippen LogP contribution in [0.2, 0.25) is 0 Å². The summed E-state index contributed by atoms with van der Waals surface area (Å²) in [5.41, 5.74) is 0.680. The summed E-state index contributed by atoms with van der Waals surface area (Å²) in [7, 11) is 1.55. The maximum absolute atomic E-state index is 12.7. The number of amides is 2. The molecule has 2 fully saturated rings. The lowest BCUT2D eigenvalue weighted by molar-refractivity contribution is -0.163. The number of ether oxygens (including phenoxy) is 2. The highest BCUT2D eigenvalue weighted by Gasteiger charge is 2.60. The molecule has 2 saturated heterocycles. The van der Waals surface area contributed by atoms with Gasteiger partial charge in [0.1, 0.15) is 12.3 Å². The molecule has 0 spiro atoms. The van der Waals surface area contributed by atoms with Gasteiger partial charge in [0.25, 0.3) is 0 Å². The van der Waals surface area contributed by atoms with Crippen LogP contribution < -0.4 is 0 Å². The van der Waals surface area contributed by atoms with Crippen LogP contribution in [0.25, 0.3) is 0 Å². The summed E-state index contributed by atoms with van der Waals surface area (Å²) in [6.45, 7) is 9.78. The fraction of sp³-hybridized carbons (Fsp3) is 0.609. The molecule has 3 aliphatic rings. The van der Waals surface area contributed by atoms with Gasteiger partial charge in [-0.15, -0.1) is 6.58 Å². The van der Waals surface area contributed by atoms with Crippen molar-refractivity contribution in [3.63, 3.8) is 0 Å². The number of allylic oxidation sites excluding steroid dienone is 1. The second-order valence-corrected chi connectivity index (χ2v) is 8.61. The number of likely N-dealkylation sites (tertiary alicyclic amines) is 1. The molecule has 0 aromatic heterocycles. The highest BCUT2D eigenvalue weighted by Crippen LogP contribution is 2.51. The second-order valence-electron chi connectivity index (χ2n) is 8.61. The summed E-state index contributed by atoms with van der Waals surface area (Å²) in [6, 6.07) is -0.668. The van der Waals surface area contributed by atoms with E-state index in [1.165, 1.54) is 11.0 Å². The summed E-state index contributed by atoms with van der Waals surface area (Å²) in [5.74, 6) is -2.43. The SMILES string of the molecule is C=CCOC(=O)N1CCC(CC2=C(C(=O)O)N3C(=O)[C@H]([C@@H](C)O)[C@H]3C2CC=C)C1COC. The van der Waals surface area contributed by atoms with Crippen molar-refractivity contribution < 1.29 is 34.1 Å². The molecule has 3 unspecified atom stereocenters. The van der Waals surface area contributed by atoms with Crippen LogP contribution in [0.3, 0.4) is 0 Å². The Bertz CT molecular complexity index is 821. The fourth-order valence-corrected chi connectivity index (χ4v) is 5.47. The second kappa shape index (κ2) is 9.87. The topological polar surface area (TPSA) is 117 Å². The average molecular weight is 449 g/mol. The van der Waals surface area contributed by atoms with Crippen molar-refractivity contribution in [1.82, 2.24) is 9.80 Å². The highest BCUT2D eigenvalue weighted by molar-refractivity contribution is 6.00. The van der Waals surface area contributed by atoms with Crippen molar-refractivity contribution in [2.45, 2.75) is 44.4 Å². The molecule has 3 heterocycles. The molecule has 176 valence electrons. The Hall–Kier alpha value is -2.65. The fourth-order valence-electron chi connectivity index (χ4n) is 5.47. The summed E-state index contributed by atoms with van der Waals surface area (Å²) < 4.78 is 10.6. The predicted molar refractivity (Wildman–Crippen MR) is 115 cm³/mol. The molecule has 0 aliphatic carbocycles. The lowest BCUT2D eigenvalue weighted by atomic mass is 9.74. The number of β-lactam (4-membered cyclic amide) rings is 1. The minimum absolute atomic E-state index is 0.00704. The number of fused-ring (bicyclic) bond motifs is 1. The number of carboxylic acid groups (broad SMARTS) is 1. The van der Waals surface area contributed by atoms with Crippen LogP contribution in [0.1, 0.15) is 26.2 Å². The molecular formula is C23H32N2O7. The van der Waals surface area contributed by atoms with E-state index in [1.54, 1.807) is 25.0 Å². The van der Waals surface area contributed by atoms with E-state index in [4.69, 9.17) is 9.47 Å². The molecule has 9 nitrogen and oxygen atoms in total. The van der Waals surface area contributed by atoms with Gasteiger partial charge in [0, 0.05) is 19.6 Å². The number of hydrogen-bond donors (Lipinski definition) is 2. The number of methoxy groups -OCH3 is 1. The zero-order valence-corrected chi connectivity index (χ0v) is 18.6. The minimum atomic E-state index is -1.16. The Morgan fingerprint density at radius 3 is 2.59 bits per heavy atom. The molecule has 0 saturated carbocycles. The number of carbonyl (C=O) groups is 3. The van der Waals surface area contributed by atoms with Crippen molar-refractivity contribution in [1.29, 1.82) is 0 Å². The van der Waals surface area contributed by atoms with Gasteiger partial charge in [0.15, 0.2) is 0 Å². The molecule has 2 N–H and O–H groups in total. The third-order valence-electron chi connectivity index (χ3n) is 6.80. The van der Waals surface area contributed by atoms with E-state index < -0.39 is 30.1 Å². The molecule has 0 bridgehead atoms. The van der Waals surface area contributed by atoms with E-state index in [9.17, 15) is 24.6 Å². The predicted octanol–water partition coefficient (Wildman–Crippen LogP) is 1.79. The van der Waals surface area contributed by atoms with Gasteiger partial charge in [-0.3, -0.25) is 4.79 Å². The first-order valence-electron chi connectivity index (χ1n) is 10.9. The third kappa shape index (κ3) is 4.06. The van der Waals surface area contributed by atoms with E-state index in [2.05, 4.69) is 13.2 Å². The van der Waals surface area contributed by atoms with Crippen molar-refractivity contribution >= 4 is 18.0 Å². The first kappa shape index (κ1) is 24.0. The molecular weight excluding hydrogens is 416 g/mol. The standard InChI is InChI=1S/C23H32N2O7/c1-5-7-15-16(20(22(28)29)25-19(15)18(13(3)26)21(25)27)11-14-8-9-24(17(14)12-31-4)23(30)32-10-6-2/h5-6,13-15,17-19,26H,1-2,7-12H2,3-4H3,(H,28,29)/t13-,14?,15?,17?,18-,19-/m1/s1. The minimum Gasteiger partial charge on any atom is -0.477 e. The number of nitrogens with zero attached hydrogens (tertiary/aromatic N) is 2. The quantitative estimate of drug-likeness (QED) is 0.387. The van der Waals surface area contributed by atoms with E-state index in [0.717, 1.165) is 0 Å². The number of aliphatic hydroxyl groups is 1. The number of rotatable bonds is 10. The van der Waals surface area contributed by atoms with Crippen molar-refractivity contribution in [2.75, 3.05) is 26.9 Å². The molecule has 0 aromatic rings. The average Bonchev–Trinajstić information content (AvgIpc) is 3.24. The van der Waals surface area contributed by atoms with Crippen LogP contribution in [-0.4, -0.2) is 83.0 Å². The van der Waals surface area contributed by atoms with Gasteiger partial charge >= 0.3 is 12.1 Å². The Labute approximate surface area is 188 Å². The summed E-state index contributed by atoms with van der Waals surface area (Å²) in [6.07, 6.45) is 3.46. The zero-order valence-electron chi connectivity index (χ0n) is 18.6. The molecule has 0 aromatic carbocycles. The highest BCUT2D eigenvalue weighted by atomic mass is 16.6. The van der Waals surface area contributed by atoms with Crippen LogP contribution in [0, 0.1) is 17.8 Å². The van der Waals surface area contributed by atoms with Crippen LogP contribution >= 0.6 is 0 Å². The Balaban J connectivity index is 1.90. The van der Waals surface area contributed by atoms with Gasteiger partial charge in [-0.2, -0.15) is 0 Å². The van der Waals surface area contributed by atoms with Crippen LogP contribution in [-0.2, 0) is 19.1 Å². The third-order valence-corrected chi connectivity index (χ3v) is 6.80.